The molecule has 3 aliphatic rings. The minimum atomic E-state index is -0.0958. The minimum absolute atomic E-state index is 0.0398. The third kappa shape index (κ3) is 3.59. The van der Waals surface area contributed by atoms with Crippen LogP contribution in [0.3, 0.4) is 0 Å². The molecule has 5 rings (SSSR count). The number of nitrogens with zero attached hydrogens (tertiary/aromatic N) is 1. The van der Waals surface area contributed by atoms with Gasteiger partial charge >= 0.3 is 0 Å². The molecule has 1 saturated heterocycles. The molecule has 2 fully saturated rings. The first-order valence-corrected chi connectivity index (χ1v) is 11.4. The van der Waals surface area contributed by atoms with Crippen molar-refractivity contribution in [2.75, 3.05) is 19.7 Å². The van der Waals surface area contributed by atoms with Gasteiger partial charge in [0.05, 0.1) is 17.7 Å². The van der Waals surface area contributed by atoms with E-state index >= 15 is 0 Å². The highest BCUT2D eigenvalue weighted by atomic mass is 35.5. The third-order valence-corrected chi connectivity index (χ3v) is 7.28. The van der Waals surface area contributed by atoms with Crippen molar-refractivity contribution < 1.29 is 14.6 Å². The van der Waals surface area contributed by atoms with E-state index in [2.05, 4.69) is 30.0 Å². The van der Waals surface area contributed by atoms with E-state index in [0.29, 0.717) is 22.8 Å². The SMILES string of the molecule is CCOc1cc(O[C@H]2CCc3c(C)cccc32)c(Cl)cc1CN1CC2(CC(O)C2)C1. The summed E-state index contributed by atoms with van der Waals surface area (Å²) >= 11 is 6.66. The Bertz CT molecular complexity index is 946. The van der Waals surface area contributed by atoms with Crippen molar-refractivity contribution in [3.63, 3.8) is 0 Å². The smallest absolute Gasteiger partial charge is 0.142 e. The van der Waals surface area contributed by atoms with Crippen LogP contribution in [0.15, 0.2) is 30.3 Å². The lowest BCUT2D eigenvalue weighted by molar-refractivity contribution is -0.131. The van der Waals surface area contributed by atoms with Gasteiger partial charge in [-0.2, -0.15) is 0 Å². The number of fused-ring (bicyclic) bond motifs is 1. The number of benzene rings is 2. The predicted molar refractivity (Wildman–Crippen MR) is 118 cm³/mol. The molecule has 1 saturated carbocycles. The Kier molecular flexibility index (Phi) is 5.20. The summed E-state index contributed by atoms with van der Waals surface area (Å²) in [5.41, 5.74) is 5.48. The summed E-state index contributed by atoms with van der Waals surface area (Å²) in [5, 5.41) is 10.3. The average Bonchev–Trinajstić information content (AvgIpc) is 3.07. The molecule has 1 N–H and O–H groups in total. The van der Waals surface area contributed by atoms with Crippen LogP contribution < -0.4 is 9.47 Å². The Balaban J connectivity index is 1.32. The van der Waals surface area contributed by atoms with Crippen molar-refractivity contribution in [2.24, 2.45) is 5.41 Å². The monoisotopic (exact) mass is 427 g/mol. The van der Waals surface area contributed by atoms with Crippen molar-refractivity contribution in [3.05, 3.63) is 57.6 Å². The largest absolute Gasteiger partial charge is 0.493 e. The molecule has 5 heteroatoms. The van der Waals surface area contributed by atoms with E-state index in [9.17, 15) is 5.11 Å². The van der Waals surface area contributed by atoms with Gasteiger partial charge in [-0.05, 0) is 62.3 Å². The van der Waals surface area contributed by atoms with Crippen molar-refractivity contribution in [2.45, 2.75) is 58.3 Å². The fourth-order valence-electron chi connectivity index (χ4n) is 5.61. The summed E-state index contributed by atoms with van der Waals surface area (Å²) in [7, 11) is 0. The molecule has 0 radical (unpaired) electrons. The van der Waals surface area contributed by atoms with Gasteiger partial charge < -0.3 is 14.6 Å². The normalized spacial score (nSPS) is 22.5. The standard InChI is InChI=1S/C25H30ClNO3/c1-3-29-23-10-24(30-22-8-7-19-16(2)5-4-6-20(19)22)21(26)9-17(23)13-27-14-25(15-27)11-18(28)12-25/h4-6,9-10,18,22,28H,3,7-8,11-15H2,1-2H3/t22-/m0/s1. The number of aliphatic hydroxyl groups is 1. The Labute approximate surface area is 183 Å². The first-order chi connectivity index (χ1) is 14.5. The van der Waals surface area contributed by atoms with Gasteiger partial charge in [0.25, 0.3) is 0 Å². The van der Waals surface area contributed by atoms with Crippen LogP contribution in [0.1, 0.15) is 54.5 Å². The number of hydrogen-bond acceptors (Lipinski definition) is 4. The average molecular weight is 428 g/mol. The summed E-state index contributed by atoms with van der Waals surface area (Å²) in [4.78, 5) is 2.41. The molecule has 1 aliphatic heterocycles. The van der Waals surface area contributed by atoms with Gasteiger partial charge in [-0.25, -0.2) is 0 Å². The molecule has 160 valence electrons. The van der Waals surface area contributed by atoms with Crippen molar-refractivity contribution in [3.8, 4) is 11.5 Å². The number of aliphatic hydroxyl groups excluding tert-OH is 1. The van der Waals surface area contributed by atoms with Gasteiger partial charge in [-0.15, -0.1) is 0 Å². The van der Waals surface area contributed by atoms with Crippen LogP contribution in [0.5, 0.6) is 11.5 Å². The van der Waals surface area contributed by atoms with E-state index in [1.54, 1.807) is 0 Å². The van der Waals surface area contributed by atoms with Gasteiger partial charge in [-0.1, -0.05) is 29.8 Å². The molecular formula is C25H30ClNO3. The molecule has 0 bridgehead atoms. The summed E-state index contributed by atoms with van der Waals surface area (Å²) in [5.74, 6) is 1.55. The van der Waals surface area contributed by atoms with Crippen LogP contribution in [-0.4, -0.2) is 35.8 Å². The molecule has 0 unspecified atom stereocenters. The van der Waals surface area contributed by atoms with Crippen LogP contribution >= 0.6 is 11.6 Å². The molecule has 1 spiro atoms. The highest BCUT2D eigenvalue weighted by molar-refractivity contribution is 6.32. The quantitative estimate of drug-likeness (QED) is 0.698. The van der Waals surface area contributed by atoms with E-state index in [-0.39, 0.29) is 12.2 Å². The molecule has 30 heavy (non-hydrogen) atoms. The Hall–Kier alpha value is -1.75. The fraction of sp³-hybridized carbons (Fsp3) is 0.520. The summed E-state index contributed by atoms with van der Waals surface area (Å²) in [6.45, 7) is 7.69. The number of hydrogen-bond donors (Lipinski definition) is 1. The molecular weight excluding hydrogens is 398 g/mol. The zero-order chi connectivity index (χ0) is 20.9. The minimum Gasteiger partial charge on any atom is -0.493 e. The van der Waals surface area contributed by atoms with E-state index in [0.717, 1.165) is 56.6 Å². The first kappa shape index (κ1) is 20.2. The van der Waals surface area contributed by atoms with Crippen LogP contribution in [0.4, 0.5) is 0 Å². The Morgan fingerprint density at radius 1 is 1.20 bits per heavy atom. The molecule has 1 atom stereocenters. The molecule has 2 aromatic carbocycles. The van der Waals surface area contributed by atoms with Crippen LogP contribution in [0.25, 0.3) is 0 Å². The number of likely N-dealkylation sites (tertiary alicyclic amines) is 1. The van der Waals surface area contributed by atoms with Crippen LogP contribution in [0.2, 0.25) is 5.02 Å². The van der Waals surface area contributed by atoms with Gasteiger partial charge in [0.15, 0.2) is 0 Å². The lowest BCUT2D eigenvalue weighted by atomic mass is 9.62. The summed E-state index contributed by atoms with van der Waals surface area (Å²) in [6.07, 6.45) is 3.85. The second kappa shape index (κ2) is 7.74. The number of rotatable bonds is 6. The molecule has 0 amide bonds. The van der Waals surface area contributed by atoms with E-state index in [1.165, 1.54) is 16.7 Å². The summed E-state index contributed by atoms with van der Waals surface area (Å²) in [6, 6.07) is 10.4. The van der Waals surface area contributed by atoms with Crippen LogP contribution in [-0.2, 0) is 13.0 Å². The van der Waals surface area contributed by atoms with Crippen molar-refractivity contribution in [1.29, 1.82) is 0 Å². The molecule has 2 aromatic rings. The van der Waals surface area contributed by atoms with Gasteiger partial charge in [0, 0.05) is 36.7 Å². The molecule has 0 aromatic heterocycles. The second-order valence-corrected chi connectivity index (χ2v) is 9.73. The molecule has 4 nitrogen and oxygen atoms in total. The summed E-state index contributed by atoms with van der Waals surface area (Å²) < 4.78 is 12.4. The van der Waals surface area contributed by atoms with Gasteiger partial charge in [0.2, 0.25) is 0 Å². The maximum absolute atomic E-state index is 9.63. The zero-order valence-electron chi connectivity index (χ0n) is 17.8. The Morgan fingerprint density at radius 3 is 2.73 bits per heavy atom. The van der Waals surface area contributed by atoms with Crippen molar-refractivity contribution in [1.82, 2.24) is 4.90 Å². The third-order valence-electron chi connectivity index (χ3n) is 6.98. The zero-order valence-corrected chi connectivity index (χ0v) is 18.5. The highest BCUT2D eigenvalue weighted by Gasteiger charge is 2.51. The lowest BCUT2D eigenvalue weighted by Crippen LogP contribution is -2.63. The van der Waals surface area contributed by atoms with Gasteiger partial charge in [0.1, 0.15) is 17.6 Å². The first-order valence-electron chi connectivity index (χ1n) is 11.1. The topological polar surface area (TPSA) is 41.9 Å². The predicted octanol–water partition coefficient (Wildman–Crippen LogP) is 5.07. The highest BCUT2D eigenvalue weighted by Crippen LogP contribution is 2.49. The van der Waals surface area contributed by atoms with E-state index < -0.39 is 0 Å². The van der Waals surface area contributed by atoms with E-state index in [1.807, 2.05) is 19.1 Å². The molecule has 2 aliphatic carbocycles. The fourth-order valence-corrected chi connectivity index (χ4v) is 5.84. The van der Waals surface area contributed by atoms with Crippen molar-refractivity contribution >= 4 is 11.6 Å². The molecule has 1 heterocycles. The Morgan fingerprint density at radius 2 is 2.00 bits per heavy atom. The second-order valence-electron chi connectivity index (χ2n) is 9.32. The van der Waals surface area contributed by atoms with Crippen LogP contribution in [0, 0.1) is 12.3 Å². The maximum Gasteiger partial charge on any atom is 0.142 e. The number of ether oxygens (including phenoxy) is 2. The van der Waals surface area contributed by atoms with Gasteiger partial charge in [-0.3, -0.25) is 4.90 Å². The maximum atomic E-state index is 9.63. The number of halogens is 1. The lowest BCUT2D eigenvalue weighted by Gasteiger charge is -2.58. The van der Waals surface area contributed by atoms with E-state index in [4.69, 9.17) is 21.1 Å². The number of aryl methyl sites for hydroxylation is 1.